The summed E-state index contributed by atoms with van der Waals surface area (Å²) >= 11 is 0. The average molecular weight is 588 g/mol. The van der Waals surface area contributed by atoms with Crippen LogP contribution in [0.4, 0.5) is 34.4 Å². The molecule has 1 aliphatic heterocycles. The Morgan fingerprint density at radius 2 is 1.81 bits per heavy atom. The minimum Gasteiger partial charge on any atom is -0.494 e. The van der Waals surface area contributed by atoms with E-state index in [0.717, 1.165) is 5.69 Å². The maximum atomic E-state index is 13.4. The van der Waals surface area contributed by atoms with Crippen molar-refractivity contribution in [1.82, 2.24) is 20.5 Å². The predicted octanol–water partition coefficient (Wildman–Crippen LogP) is 3.81. The molecule has 2 amide bonds. The summed E-state index contributed by atoms with van der Waals surface area (Å²) in [7, 11) is 1.40. The highest BCUT2D eigenvalue weighted by atomic mass is 16.6. The first kappa shape index (κ1) is 25.4. The van der Waals surface area contributed by atoms with E-state index in [1.807, 2.05) is 17.4 Å². The third kappa shape index (κ3) is 7.52. The summed E-state index contributed by atoms with van der Waals surface area (Å²) in [4.78, 5) is 30.4. The molecule has 0 saturated carbocycles. The molecule has 222 valence electrons. The van der Waals surface area contributed by atoms with Crippen LogP contribution in [-0.2, 0) is 9.47 Å². The standard InChI is InChI=1S/C30H32N8O5/c1-31-30(40)27-24(16-26(37-38-27)36-25-8-3-4-13-32-25)35-23-7-5-6-22(28(23)41-2)29(39)34-20-11-9-19(10-12-20)33-17-21-18-42-14-15-43-21/h3-13,16,21,33H,14-15,17-18H2,1-2H3,(H,31,40)(H,34,39)(H2,32,35,36,37)/t21-/m0/s1/i1D3. The van der Waals surface area contributed by atoms with Gasteiger partial charge in [-0.2, -0.15) is 0 Å². The van der Waals surface area contributed by atoms with Gasteiger partial charge in [-0.25, -0.2) is 4.98 Å². The van der Waals surface area contributed by atoms with E-state index in [1.54, 1.807) is 54.7 Å². The zero-order valence-corrected chi connectivity index (χ0v) is 23.2. The Morgan fingerprint density at radius 3 is 2.56 bits per heavy atom. The Balaban J connectivity index is 1.35. The van der Waals surface area contributed by atoms with Gasteiger partial charge in [-0.05, 0) is 48.5 Å². The van der Waals surface area contributed by atoms with Gasteiger partial charge in [-0.3, -0.25) is 9.59 Å². The topological polar surface area (TPSA) is 161 Å². The highest BCUT2D eigenvalue weighted by molar-refractivity contribution is 6.08. The van der Waals surface area contributed by atoms with E-state index >= 15 is 0 Å². The first-order valence-electron chi connectivity index (χ1n) is 14.9. The van der Waals surface area contributed by atoms with E-state index in [4.69, 9.17) is 18.3 Å². The fraction of sp³-hybridized carbons (Fsp3) is 0.233. The third-order valence-electron chi connectivity index (χ3n) is 6.34. The number of rotatable bonds is 11. The van der Waals surface area contributed by atoms with Crippen molar-refractivity contribution in [3.8, 4) is 5.75 Å². The molecule has 5 rings (SSSR count). The van der Waals surface area contributed by atoms with Crippen LogP contribution in [0, 0.1) is 0 Å². The van der Waals surface area contributed by atoms with Gasteiger partial charge in [0.2, 0.25) is 0 Å². The van der Waals surface area contributed by atoms with E-state index in [0.29, 0.717) is 43.6 Å². The number of aromatic nitrogens is 3. The lowest BCUT2D eigenvalue weighted by molar-refractivity contribution is -0.0818. The van der Waals surface area contributed by atoms with Crippen LogP contribution in [0.25, 0.3) is 0 Å². The number of methoxy groups -OCH3 is 1. The molecule has 0 aliphatic carbocycles. The smallest absolute Gasteiger partial charge is 0.273 e. The maximum absolute atomic E-state index is 13.4. The van der Waals surface area contributed by atoms with Crippen LogP contribution in [-0.4, -0.2) is 73.6 Å². The third-order valence-corrected chi connectivity index (χ3v) is 6.34. The molecule has 1 fully saturated rings. The van der Waals surface area contributed by atoms with Crippen LogP contribution in [0.5, 0.6) is 5.75 Å². The minimum atomic E-state index is -2.76. The minimum absolute atomic E-state index is 0.0276. The molecular weight excluding hydrogens is 552 g/mol. The van der Waals surface area contributed by atoms with E-state index in [-0.39, 0.29) is 34.6 Å². The van der Waals surface area contributed by atoms with Gasteiger partial charge in [0, 0.05) is 41.3 Å². The fourth-order valence-electron chi connectivity index (χ4n) is 4.28. The molecule has 0 radical (unpaired) electrons. The zero-order valence-electron chi connectivity index (χ0n) is 26.2. The van der Waals surface area contributed by atoms with Crippen molar-refractivity contribution < 1.29 is 27.9 Å². The summed E-state index contributed by atoms with van der Waals surface area (Å²) < 4.78 is 39.0. The van der Waals surface area contributed by atoms with E-state index in [2.05, 4.69) is 36.4 Å². The van der Waals surface area contributed by atoms with Crippen molar-refractivity contribution in [3.63, 3.8) is 0 Å². The predicted molar refractivity (Wildman–Crippen MR) is 163 cm³/mol. The molecule has 2 aromatic carbocycles. The molecule has 0 spiro atoms. The summed E-state index contributed by atoms with van der Waals surface area (Å²) in [5, 5.41) is 22.1. The highest BCUT2D eigenvalue weighted by Crippen LogP contribution is 2.33. The van der Waals surface area contributed by atoms with Crippen molar-refractivity contribution in [3.05, 3.63) is 84.2 Å². The second kappa shape index (κ2) is 14.1. The molecule has 43 heavy (non-hydrogen) atoms. The number of hydrogen-bond donors (Lipinski definition) is 5. The first-order valence-corrected chi connectivity index (χ1v) is 13.4. The summed E-state index contributed by atoms with van der Waals surface area (Å²) in [6.07, 6.45) is 1.56. The largest absolute Gasteiger partial charge is 0.494 e. The lowest BCUT2D eigenvalue weighted by atomic mass is 10.1. The Labute approximate surface area is 252 Å². The summed E-state index contributed by atoms with van der Waals surface area (Å²) in [6, 6.07) is 18.8. The van der Waals surface area contributed by atoms with E-state index in [1.165, 1.54) is 13.2 Å². The number of anilines is 6. The maximum Gasteiger partial charge on any atom is 0.273 e. The molecule has 4 aromatic rings. The molecular formula is C30H32N8O5. The Kier molecular flexibility index (Phi) is 8.32. The molecule has 0 bridgehead atoms. The Bertz CT molecular complexity index is 1650. The number of para-hydroxylation sites is 1. The number of carbonyl (C=O) groups is 2. The van der Waals surface area contributed by atoms with Gasteiger partial charge in [0.15, 0.2) is 17.3 Å². The molecule has 5 N–H and O–H groups in total. The van der Waals surface area contributed by atoms with Crippen molar-refractivity contribution in [1.29, 1.82) is 0 Å². The van der Waals surface area contributed by atoms with Gasteiger partial charge in [0.05, 0.1) is 50.0 Å². The van der Waals surface area contributed by atoms with Gasteiger partial charge < -0.3 is 40.8 Å². The summed E-state index contributed by atoms with van der Waals surface area (Å²) in [5.41, 5.74) is 1.72. The molecule has 1 saturated heterocycles. The number of pyridine rings is 1. The lowest BCUT2D eigenvalue weighted by Crippen LogP contribution is -2.34. The Hall–Kier alpha value is -5.27. The number of nitrogens with one attached hydrogen (secondary N) is 5. The van der Waals surface area contributed by atoms with Crippen LogP contribution in [0.1, 0.15) is 25.0 Å². The Morgan fingerprint density at radius 1 is 0.953 bits per heavy atom. The molecule has 0 unspecified atom stereocenters. The van der Waals surface area contributed by atoms with Crippen molar-refractivity contribution in [2.75, 3.05) is 61.7 Å². The van der Waals surface area contributed by atoms with Crippen molar-refractivity contribution in [2.24, 2.45) is 0 Å². The number of hydrogen-bond acceptors (Lipinski definition) is 11. The van der Waals surface area contributed by atoms with Crippen LogP contribution < -0.4 is 31.3 Å². The van der Waals surface area contributed by atoms with E-state index < -0.39 is 18.8 Å². The van der Waals surface area contributed by atoms with Gasteiger partial charge in [-0.15, -0.1) is 10.2 Å². The number of carbonyl (C=O) groups excluding carboxylic acids is 2. The van der Waals surface area contributed by atoms with Crippen molar-refractivity contribution >= 4 is 46.2 Å². The monoisotopic (exact) mass is 587 g/mol. The van der Waals surface area contributed by atoms with Gasteiger partial charge >= 0.3 is 0 Å². The molecule has 3 heterocycles. The molecule has 13 nitrogen and oxygen atoms in total. The lowest BCUT2D eigenvalue weighted by Gasteiger charge is -2.23. The van der Waals surface area contributed by atoms with Gasteiger partial charge in [-0.1, -0.05) is 12.1 Å². The van der Waals surface area contributed by atoms with Crippen LogP contribution in [0.3, 0.4) is 0 Å². The number of amides is 2. The van der Waals surface area contributed by atoms with Gasteiger partial charge in [0.1, 0.15) is 5.82 Å². The molecule has 2 aromatic heterocycles. The van der Waals surface area contributed by atoms with Crippen LogP contribution >= 0.6 is 0 Å². The highest BCUT2D eigenvalue weighted by Gasteiger charge is 2.20. The van der Waals surface area contributed by atoms with Crippen LogP contribution in [0.2, 0.25) is 0 Å². The molecule has 1 aliphatic rings. The summed E-state index contributed by atoms with van der Waals surface area (Å²) in [5.74, 6) is -0.567. The second-order valence-corrected chi connectivity index (χ2v) is 9.28. The normalized spacial score (nSPS) is 15.7. The number of benzene rings is 2. The summed E-state index contributed by atoms with van der Waals surface area (Å²) in [6.45, 7) is -0.456. The first-order chi connectivity index (χ1) is 22.2. The average Bonchev–Trinajstić information content (AvgIpc) is 3.04. The SMILES string of the molecule is [2H]C([2H])([2H])NC(=O)c1nnc(Nc2ccccn2)cc1Nc1cccc(C(=O)Nc2ccc(NC[C@H]3COCCO3)cc2)c1OC. The fourth-order valence-corrected chi connectivity index (χ4v) is 4.28. The number of ether oxygens (including phenoxy) is 3. The van der Waals surface area contributed by atoms with E-state index in [9.17, 15) is 9.59 Å². The van der Waals surface area contributed by atoms with Gasteiger partial charge in [0.25, 0.3) is 11.8 Å². The molecule has 1 atom stereocenters. The van der Waals surface area contributed by atoms with Crippen molar-refractivity contribution in [2.45, 2.75) is 6.10 Å². The molecule has 13 heteroatoms. The van der Waals surface area contributed by atoms with Crippen LogP contribution in [0.15, 0.2) is 72.9 Å². The zero-order chi connectivity index (χ0) is 32.5. The number of nitrogens with zero attached hydrogens (tertiary/aromatic N) is 3. The second-order valence-electron chi connectivity index (χ2n) is 9.28. The quantitative estimate of drug-likeness (QED) is 0.174.